The highest BCUT2D eigenvalue weighted by Crippen LogP contribution is 2.27. The lowest BCUT2D eigenvalue weighted by Gasteiger charge is -2.07. The maximum Gasteiger partial charge on any atom is 0.340 e. The number of fused-ring (bicyclic) bond motifs is 1. The monoisotopic (exact) mass is 311 g/mol. The van der Waals surface area contributed by atoms with Gasteiger partial charge < -0.3 is 4.74 Å². The van der Waals surface area contributed by atoms with Gasteiger partial charge in [0.1, 0.15) is 5.82 Å². The number of methoxy groups -OCH3 is 1. The molecule has 4 nitrogen and oxygen atoms in total. The standard InChI is InChI=1S/C18H14FNO3/c1-11-16(18(22)23-2)14-5-3-4-6-15(14)20(11)17(21)12-7-9-13(19)10-8-12/h3-10H,1-2H3. The highest BCUT2D eigenvalue weighted by molar-refractivity contribution is 6.11. The topological polar surface area (TPSA) is 48.3 Å². The Labute approximate surface area is 132 Å². The molecule has 0 N–H and O–H groups in total. The molecule has 0 atom stereocenters. The zero-order valence-electron chi connectivity index (χ0n) is 12.7. The zero-order chi connectivity index (χ0) is 16.6. The van der Waals surface area contributed by atoms with Gasteiger partial charge in [0.25, 0.3) is 5.91 Å². The second-order valence-corrected chi connectivity index (χ2v) is 5.12. The van der Waals surface area contributed by atoms with Gasteiger partial charge in [-0.2, -0.15) is 0 Å². The summed E-state index contributed by atoms with van der Waals surface area (Å²) < 4.78 is 19.3. The molecule has 3 aromatic rings. The number of hydrogen-bond acceptors (Lipinski definition) is 3. The van der Waals surface area contributed by atoms with Crippen LogP contribution < -0.4 is 0 Å². The molecule has 0 saturated carbocycles. The average molecular weight is 311 g/mol. The molecule has 0 saturated heterocycles. The summed E-state index contributed by atoms with van der Waals surface area (Å²) in [4.78, 5) is 24.9. The number of carbonyl (C=O) groups excluding carboxylic acids is 2. The van der Waals surface area contributed by atoms with E-state index in [0.717, 1.165) is 0 Å². The molecule has 2 aromatic carbocycles. The second-order valence-electron chi connectivity index (χ2n) is 5.12. The number of hydrogen-bond donors (Lipinski definition) is 0. The molecule has 0 aliphatic carbocycles. The van der Waals surface area contributed by atoms with Gasteiger partial charge in [-0.1, -0.05) is 18.2 Å². The van der Waals surface area contributed by atoms with Crippen LogP contribution in [0.1, 0.15) is 26.4 Å². The summed E-state index contributed by atoms with van der Waals surface area (Å²) in [6.07, 6.45) is 0. The molecule has 0 amide bonds. The molecular weight excluding hydrogens is 297 g/mol. The van der Waals surface area contributed by atoms with Crippen molar-refractivity contribution in [2.75, 3.05) is 7.11 Å². The van der Waals surface area contributed by atoms with Gasteiger partial charge in [-0.3, -0.25) is 9.36 Å². The maximum absolute atomic E-state index is 13.1. The first-order chi connectivity index (χ1) is 11.0. The highest BCUT2D eigenvalue weighted by atomic mass is 19.1. The summed E-state index contributed by atoms with van der Waals surface area (Å²) in [5.74, 6) is -1.23. The van der Waals surface area contributed by atoms with E-state index in [2.05, 4.69) is 0 Å². The molecule has 0 aliphatic rings. The van der Waals surface area contributed by atoms with Gasteiger partial charge in [0.2, 0.25) is 0 Å². The minimum Gasteiger partial charge on any atom is -0.465 e. The number of halogens is 1. The van der Waals surface area contributed by atoms with Gasteiger partial charge in [-0.25, -0.2) is 9.18 Å². The Morgan fingerprint density at radius 3 is 2.35 bits per heavy atom. The molecule has 0 unspecified atom stereocenters. The Hall–Kier alpha value is -2.95. The van der Waals surface area contributed by atoms with Crippen molar-refractivity contribution >= 4 is 22.8 Å². The number of aromatic nitrogens is 1. The molecule has 0 aliphatic heterocycles. The van der Waals surface area contributed by atoms with Crippen molar-refractivity contribution in [2.24, 2.45) is 0 Å². The first kappa shape index (κ1) is 15.0. The van der Waals surface area contributed by atoms with Crippen LogP contribution in [0.4, 0.5) is 4.39 Å². The van der Waals surface area contributed by atoms with Gasteiger partial charge in [0, 0.05) is 16.6 Å². The van der Waals surface area contributed by atoms with Crippen LogP contribution in [0.2, 0.25) is 0 Å². The van der Waals surface area contributed by atoms with Crippen molar-refractivity contribution in [1.29, 1.82) is 0 Å². The van der Waals surface area contributed by atoms with Crippen LogP contribution in [-0.2, 0) is 4.74 Å². The fourth-order valence-corrected chi connectivity index (χ4v) is 2.71. The Balaban J connectivity index is 2.25. The van der Waals surface area contributed by atoms with Crippen LogP contribution in [0.15, 0.2) is 48.5 Å². The number of esters is 1. The fourth-order valence-electron chi connectivity index (χ4n) is 2.71. The lowest BCUT2D eigenvalue weighted by molar-refractivity contribution is 0.0602. The molecule has 23 heavy (non-hydrogen) atoms. The third kappa shape index (κ3) is 2.40. The van der Waals surface area contributed by atoms with Crippen molar-refractivity contribution in [3.05, 3.63) is 71.2 Å². The van der Waals surface area contributed by atoms with Crippen molar-refractivity contribution < 1.29 is 18.7 Å². The third-order valence-electron chi connectivity index (χ3n) is 3.80. The van der Waals surface area contributed by atoms with Crippen LogP contribution >= 0.6 is 0 Å². The molecule has 0 spiro atoms. The van der Waals surface area contributed by atoms with Crippen LogP contribution in [0.5, 0.6) is 0 Å². The lowest BCUT2D eigenvalue weighted by atomic mass is 10.1. The van der Waals surface area contributed by atoms with E-state index in [1.54, 1.807) is 31.2 Å². The molecule has 1 heterocycles. The van der Waals surface area contributed by atoms with Crippen LogP contribution in [0, 0.1) is 12.7 Å². The first-order valence-corrected chi connectivity index (χ1v) is 7.03. The van der Waals surface area contributed by atoms with E-state index in [4.69, 9.17) is 4.74 Å². The molecular formula is C18H14FNO3. The summed E-state index contributed by atoms with van der Waals surface area (Å²) in [6.45, 7) is 1.69. The van der Waals surface area contributed by atoms with Gasteiger partial charge in [0.05, 0.1) is 18.2 Å². The smallest absolute Gasteiger partial charge is 0.340 e. The Morgan fingerprint density at radius 2 is 1.70 bits per heavy atom. The van der Waals surface area contributed by atoms with E-state index in [0.29, 0.717) is 27.7 Å². The molecule has 1 aromatic heterocycles. The molecule has 0 fully saturated rings. The van der Waals surface area contributed by atoms with Crippen LogP contribution in [-0.4, -0.2) is 23.6 Å². The molecule has 0 radical (unpaired) electrons. The predicted octanol–water partition coefficient (Wildman–Crippen LogP) is 3.56. The number of nitrogens with zero attached hydrogens (tertiary/aromatic N) is 1. The number of benzene rings is 2. The second kappa shape index (κ2) is 5.68. The predicted molar refractivity (Wildman–Crippen MR) is 84.1 cm³/mol. The Morgan fingerprint density at radius 1 is 1.04 bits per heavy atom. The molecule has 116 valence electrons. The van der Waals surface area contributed by atoms with E-state index < -0.39 is 11.8 Å². The number of ether oxygens (including phenoxy) is 1. The van der Waals surface area contributed by atoms with Gasteiger partial charge in [-0.15, -0.1) is 0 Å². The summed E-state index contributed by atoms with van der Waals surface area (Å²) in [6, 6.07) is 12.4. The summed E-state index contributed by atoms with van der Waals surface area (Å²) in [7, 11) is 1.30. The Bertz CT molecular complexity index is 910. The Kier molecular flexibility index (Phi) is 3.70. The minimum atomic E-state index is -0.496. The molecule has 3 rings (SSSR count). The van der Waals surface area contributed by atoms with E-state index in [1.165, 1.54) is 35.9 Å². The summed E-state index contributed by atoms with van der Waals surface area (Å²) in [5.41, 5.74) is 1.80. The average Bonchev–Trinajstić information content (AvgIpc) is 2.86. The van der Waals surface area contributed by atoms with Crippen molar-refractivity contribution in [3.63, 3.8) is 0 Å². The number of rotatable bonds is 2. The number of para-hydroxylation sites is 1. The number of carbonyl (C=O) groups is 2. The molecule has 5 heteroatoms. The van der Waals surface area contributed by atoms with E-state index in [1.807, 2.05) is 0 Å². The van der Waals surface area contributed by atoms with E-state index in [9.17, 15) is 14.0 Å². The molecule has 0 bridgehead atoms. The summed E-state index contributed by atoms with van der Waals surface area (Å²) >= 11 is 0. The van der Waals surface area contributed by atoms with E-state index in [-0.39, 0.29) is 5.91 Å². The van der Waals surface area contributed by atoms with Crippen LogP contribution in [0.25, 0.3) is 10.9 Å². The quantitative estimate of drug-likeness (QED) is 0.680. The fraction of sp³-hybridized carbons (Fsp3) is 0.111. The van der Waals surface area contributed by atoms with Crippen molar-refractivity contribution in [3.8, 4) is 0 Å². The normalized spacial score (nSPS) is 10.7. The van der Waals surface area contributed by atoms with Crippen molar-refractivity contribution in [1.82, 2.24) is 4.57 Å². The van der Waals surface area contributed by atoms with Gasteiger partial charge in [0.15, 0.2) is 0 Å². The maximum atomic E-state index is 13.1. The van der Waals surface area contributed by atoms with Gasteiger partial charge in [-0.05, 0) is 37.3 Å². The SMILES string of the molecule is COC(=O)c1c(C)n(C(=O)c2ccc(F)cc2)c2ccccc12. The van der Waals surface area contributed by atoms with Gasteiger partial charge >= 0.3 is 5.97 Å². The first-order valence-electron chi connectivity index (χ1n) is 7.03. The van der Waals surface area contributed by atoms with Crippen LogP contribution in [0.3, 0.4) is 0 Å². The highest BCUT2D eigenvalue weighted by Gasteiger charge is 2.23. The third-order valence-corrected chi connectivity index (χ3v) is 3.80. The summed E-state index contributed by atoms with van der Waals surface area (Å²) in [5, 5.41) is 0.646. The minimum absolute atomic E-state index is 0.325. The zero-order valence-corrected chi connectivity index (χ0v) is 12.7. The lowest BCUT2D eigenvalue weighted by Crippen LogP contribution is -2.14. The van der Waals surface area contributed by atoms with Crippen molar-refractivity contribution in [2.45, 2.75) is 6.92 Å². The largest absolute Gasteiger partial charge is 0.465 e. The van der Waals surface area contributed by atoms with E-state index >= 15 is 0 Å².